The highest BCUT2D eigenvalue weighted by molar-refractivity contribution is 7.92. The van der Waals surface area contributed by atoms with Gasteiger partial charge in [-0.05, 0) is 25.5 Å². The lowest BCUT2D eigenvalue weighted by Crippen LogP contribution is -2.34. The molecule has 1 saturated heterocycles. The fourth-order valence-electron chi connectivity index (χ4n) is 3.64. The van der Waals surface area contributed by atoms with E-state index in [-0.39, 0.29) is 16.9 Å². The summed E-state index contributed by atoms with van der Waals surface area (Å²) in [6, 6.07) is 3.81. The molecule has 0 amide bonds. The smallest absolute Gasteiger partial charge is 0.231 e. The van der Waals surface area contributed by atoms with Crippen molar-refractivity contribution in [2.24, 2.45) is 0 Å². The van der Waals surface area contributed by atoms with E-state index in [1.807, 2.05) is 12.1 Å². The largest absolute Gasteiger partial charge is 0.496 e. The van der Waals surface area contributed by atoms with Gasteiger partial charge < -0.3 is 14.2 Å². The number of ether oxygens (including phenoxy) is 3. The van der Waals surface area contributed by atoms with Gasteiger partial charge in [0.25, 0.3) is 0 Å². The Morgan fingerprint density at radius 1 is 1.33 bits per heavy atom. The summed E-state index contributed by atoms with van der Waals surface area (Å²) in [5.74, 6) is 2.23. The topological polar surface area (TPSA) is 90.9 Å². The molecule has 3 heterocycles. The second-order valence-corrected chi connectivity index (χ2v) is 9.77. The Bertz CT molecular complexity index is 944. The number of rotatable bonds is 5. The minimum absolute atomic E-state index is 0.0576. The summed E-state index contributed by atoms with van der Waals surface area (Å²) in [6.07, 6.45) is 3.09. The molecule has 2 aliphatic rings. The molecule has 0 bridgehead atoms. The van der Waals surface area contributed by atoms with Gasteiger partial charge in [-0.2, -0.15) is 0 Å². The van der Waals surface area contributed by atoms with E-state index >= 15 is 0 Å². The van der Waals surface area contributed by atoms with Crippen molar-refractivity contribution in [3.05, 3.63) is 23.4 Å². The zero-order valence-electron chi connectivity index (χ0n) is 15.2. The van der Waals surface area contributed by atoms with Gasteiger partial charge in [-0.15, -0.1) is 5.10 Å². The lowest BCUT2D eigenvalue weighted by Gasteiger charge is -2.32. The Kier molecular flexibility index (Phi) is 4.95. The number of benzene rings is 1. The van der Waals surface area contributed by atoms with Crippen molar-refractivity contribution >= 4 is 21.4 Å². The zero-order valence-corrected chi connectivity index (χ0v) is 16.8. The van der Waals surface area contributed by atoms with Crippen molar-refractivity contribution in [1.82, 2.24) is 14.5 Å². The molecular weight excluding hydrogens is 390 g/mol. The summed E-state index contributed by atoms with van der Waals surface area (Å²) in [5.41, 5.74) is 1.62. The fraction of sp³-hybridized carbons (Fsp3) is 0.529. The summed E-state index contributed by atoms with van der Waals surface area (Å²) in [5, 5.41) is 4.13. The predicted molar refractivity (Wildman–Crippen MR) is 99.4 cm³/mol. The van der Waals surface area contributed by atoms with Gasteiger partial charge in [-0.1, -0.05) is 4.49 Å². The van der Waals surface area contributed by atoms with E-state index in [2.05, 4.69) is 14.5 Å². The SMILES string of the molecule is COc1cc2c(cc1CN1CCC[C@@H](c3nnsc3S(C)(=O)=O)C1)OCO2. The number of likely N-dealkylation sites (tertiary alicyclic amines) is 1. The van der Waals surface area contributed by atoms with Crippen LogP contribution in [0.1, 0.15) is 30.0 Å². The summed E-state index contributed by atoms with van der Waals surface area (Å²) in [7, 11) is -1.67. The summed E-state index contributed by atoms with van der Waals surface area (Å²) >= 11 is 0.957. The molecule has 0 N–H and O–H groups in total. The molecule has 1 fully saturated rings. The quantitative estimate of drug-likeness (QED) is 0.738. The minimum atomic E-state index is -3.31. The van der Waals surface area contributed by atoms with Gasteiger partial charge in [-0.3, -0.25) is 4.90 Å². The Hall–Kier alpha value is -1.91. The van der Waals surface area contributed by atoms with Gasteiger partial charge in [-0.25, -0.2) is 8.42 Å². The molecule has 0 aliphatic carbocycles. The number of sulfone groups is 1. The molecule has 1 aromatic carbocycles. The maximum Gasteiger partial charge on any atom is 0.231 e. The maximum absolute atomic E-state index is 12.0. The van der Waals surface area contributed by atoms with Crippen LogP contribution < -0.4 is 14.2 Å². The Morgan fingerprint density at radius 3 is 2.85 bits per heavy atom. The zero-order chi connectivity index (χ0) is 19.0. The van der Waals surface area contributed by atoms with Gasteiger partial charge in [0, 0.05) is 48.4 Å². The third kappa shape index (κ3) is 3.74. The second-order valence-electron chi connectivity index (χ2n) is 6.81. The summed E-state index contributed by atoms with van der Waals surface area (Å²) in [4.78, 5) is 2.29. The molecule has 4 rings (SSSR count). The first-order valence-electron chi connectivity index (χ1n) is 8.67. The van der Waals surface area contributed by atoms with Crippen LogP contribution in [0.3, 0.4) is 0 Å². The highest BCUT2D eigenvalue weighted by Crippen LogP contribution is 2.39. The number of hydrogen-bond donors (Lipinski definition) is 0. The van der Waals surface area contributed by atoms with Crippen LogP contribution in [0.15, 0.2) is 16.3 Å². The van der Waals surface area contributed by atoms with Gasteiger partial charge >= 0.3 is 0 Å². The first kappa shape index (κ1) is 18.5. The highest BCUT2D eigenvalue weighted by Gasteiger charge is 2.30. The van der Waals surface area contributed by atoms with E-state index in [1.54, 1.807) is 7.11 Å². The lowest BCUT2D eigenvalue weighted by atomic mass is 9.95. The van der Waals surface area contributed by atoms with Crippen LogP contribution in [-0.4, -0.2) is 56.2 Å². The molecule has 1 aromatic heterocycles. The molecule has 0 spiro atoms. The molecule has 146 valence electrons. The normalized spacial score (nSPS) is 20.0. The average Bonchev–Trinajstić information content (AvgIpc) is 3.30. The first-order chi connectivity index (χ1) is 13.0. The average molecular weight is 412 g/mol. The van der Waals surface area contributed by atoms with Crippen molar-refractivity contribution in [2.45, 2.75) is 29.5 Å². The molecule has 0 unspecified atom stereocenters. The van der Waals surface area contributed by atoms with Crippen LogP contribution in [-0.2, 0) is 16.4 Å². The molecule has 2 aliphatic heterocycles. The van der Waals surface area contributed by atoms with Crippen LogP contribution in [0.25, 0.3) is 0 Å². The van der Waals surface area contributed by atoms with Crippen LogP contribution in [0.4, 0.5) is 0 Å². The third-order valence-electron chi connectivity index (χ3n) is 4.88. The van der Waals surface area contributed by atoms with Crippen molar-refractivity contribution in [3.63, 3.8) is 0 Å². The molecule has 2 aromatic rings. The number of methoxy groups -OCH3 is 1. The molecule has 0 saturated carbocycles. The van der Waals surface area contributed by atoms with E-state index in [0.717, 1.165) is 54.5 Å². The molecule has 10 heteroatoms. The Balaban J connectivity index is 1.54. The number of fused-ring (bicyclic) bond motifs is 1. The predicted octanol–water partition coefficient (Wildman–Crippen LogP) is 2.06. The first-order valence-corrected chi connectivity index (χ1v) is 11.3. The van der Waals surface area contributed by atoms with Crippen molar-refractivity contribution < 1.29 is 22.6 Å². The van der Waals surface area contributed by atoms with Gasteiger partial charge in [0.1, 0.15) is 5.75 Å². The van der Waals surface area contributed by atoms with E-state index in [1.165, 1.54) is 6.26 Å². The Labute approximate surface area is 162 Å². The number of hydrogen-bond acceptors (Lipinski definition) is 9. The fourth-order valence-corrected chi connectivity index (χ4v) is 5.37. The Morgan fingerprint density at radius 2 is 2.11 bits per heavy atom. The van der Waals surface area contributed by atoms with Gasteiger partial charge in [0.15, 0.2) is 25.5 Å². The van der Waals surface area contributed by atoms with Crippen molar-refractivity contribution in [2.75, 3.05) is 33.2 Å². The van der Waals surface area contributed by atoms with Crippen molar-refractivity contribution in [3.8, 4) is 17.2 Å². The molecule has 27 heavy (non-hydrogen) atoms. The van der Waals surface area contributed by atoms with Crippen LogP contribution >= 0.6 is 11.5 Å². The number of piperidine rings is 1. The molecule has 8 nitrogen and oxygen atoms in total. The molecule has 0 radical (unpaired) electrons. The lowest BCUT2D eigenvalue weighted by molar-refractivity contribution is 0.173. The molecule has 1 atom stereocenters. The second kappa shape index (κ2) is 7.25. The van der Waals surface area contributed by atoms with Crippen LogP contribution in [0.2, 0.25) is 0 Å². The standard InChI is InChI=1S/C17H21N3O5S2/c1-23-13-7-15-14(24-10-25-15)6-12(13)9-20-5-3-4-11(8-20)16-17(26-19-18-16)27(2,21)22/h6-7,11H,3-5,8-10H2,1-2H3/t11-/m1/s1. The third-order valence-corrected chi connectivity index (χ3v) is 7.43. The van der Waals surface area contributed by atoms with E-state index in [4.69, 9.17) is 14.2 Å². The van der Waals surface area contributed by atoms with Gasteiger partial charge in [0.05, 0.1) is 12.8 Å². The highest BCUT2D eigenvalue weighted by atomic mass is 32.2. The van der Waals surface area contributed by atoms with E-state index in [0.29, 0.717) is 18.0 Å². The van der Waals surface area contributed by atoms with E-state index < -0.39 is 9.84 Å². The van der Waals surface area contributed by atoms with Crippen molar-refractivity contribution in [1.29, 1.82) is 0 Å². The van der Waals surface area contributed by atoms with Gasteiger partial charge in [0.2, 0.25) is 6.79 Å². The summed E-state index contributed by atoms with van der Waals surface area (Å²) in [6.45, 7) is 2.56. The van der Waals surface area contributed by atoms with Crippen LogP contribution in [0, 0.1) is 0 Å². The van der Waals surface area contributed by atoms with E-state index in [9.17, 15) is 8.42 Å². The number of nitrogens with zero attached hydrogens (tertiary/aromatic N) is 3. The molecular formula is C17H21N3O5S2. The number of aromatic nitrogens is 2. The maximum atomic E-state index is 12.0. The summed E-state index contributed by atoms with van der Waals surface area (Å²) < 4.78 is 44.6. The monoisotopic (exact) mass is 411 g/mol. The minimum Gasteiger partial charge on any atom is -0.496 e. The van der Waals surface area contributed by atoms with Crippen LogP contribution in [0.5, 0.6) is 17.2 Å².